The zero-order valence-electron chi connectivity index (χ0n) is 18.6. The summed E-state index contributed by atoms with van der Waals surface area (Å²) in [6.45, 7) is 0.545. The van der Waals surface area contributed by atoms with Gasteiger partial charge in [0.2, 0.25) is 11.8 Å². The van der Waals surface area contributed by atoms with Crippen LogP contribution in [-0.4, -0.2) is 46.2 Å². The van der Waals surface area contributed by atoms with Crippen LogP contribution in [0, 0.1) is 0 Å². The molecule has 1 aromatic heterocycles. The maximum Gasteiger partial charge on any atom is 0.254 e. The Labute approximate surface area is 196 Å². The quantitative estimate of drug-likeness (QED) is 0.562. The van der Waals surface area contributed by atoms with Gasteiger partial charge in [0.25, 0.3) is 5.91 Å². The first kappa shape index (κ1) is 21.6. The van der Waals surface area contributed by atoms with E-state index in [2.05, 4.69) is 15.3 Å². The van der Waals surface area contributed by atoms with Crippen LogP contribution in [0.1, 0.15) is 34.3 Å². The summed E-state index contributed by atoms with van der Waals surface area (Å²) >= 11 is 0. The molecule has 0 bridgehead atoms. The van der Waals surface area contributed by atoms with Crippen LogP contribution in [0.25, 0.3) is 11.3 Å². The van der Waals surface area contributed by atoms with Crippen molar-refractivity contribution < 1.29 is 19.1 Å². The number of methoxy groups -OCH3 is 1. The van der Waals surface area contributed by atoms with Gasteiger partial charge in [0, 0.05) is 30.6 Å². The van der Waals surface area contributed by atoms with E-state index in [4.69, 9.17) is 10.5 Å². The van der Waals surface area contributed by atoms with Crippen molar-refractivity contribution in [3.63, 3.8) is 0 Å². The molecule has 1 saturated heterocycles. The molecule has 2 aliphatic heterocycles. The van der Waals surface area contributed by atoms with E-state index in [1.807, 2.05) is 36.4 Å². The minimum absolute atomic E-state index is 0.156. The lowest BCUT2D eigenvalue weighted by molar-refractivity contribution is -0.138. The van der Waals surface area contributed by atoms with E-state index < -0.39 is 11.3 Å². The standard InChI is InChI=1S/C25H23N5O4/c1-34-18-7-4-16-13-30(23(32)19(16)10-18)14-25(9-8-22(31)29-24(25)33)17-5-2-15(3-6-17)20-11-28-21(26)12-27-20/h2-7,10-12H,8-9,13-14H2,1H3,(H2,26,28)(H,29,31,33)/t25-/m0/s1. The highest BCUT2D eigenvalue weighted by atomic mass is 16.5. The molecule has 9 heteroatoms. The van der Waals surface area contributed by atoms with Crippen molar-refractivity contribution in [2.75, 3.05) is 19.4 Å². The van der Waals surface area contributed by atoms with E-state index >= 15 is 0 Å². The monoisotopic (exact) mass is 457 g/mol. The number of carbonyl (C=O) groups is 3. The molecule has 3 aromatic rings. The molecule has 0 spiro atoms. The van der Waals surface area contributed by atoms with Crippen molar-refractivity contribution in [1.29, 1.82) is 0 Å². The Hall–Kier alpha value is -4.27. The van der Waals surface area contributed by atoms with Crippen molar-refractivity contribution in [2.24, 2.45) is 0 Å². The molecule has 0 saturated carbocycles. The van der Waals surface area contributed by atoms with Gasteiger partial charge in [-0.25, -0.2) is 4.98 Å². The van der Waals surface area contributed by atoms with Crippen molar-refractivity contribution in [1.82, 2.24) is 20.2 Å². The molecule has 2 aliphatic rings. The number of hydrogen-bond donors (Lipinski definition) is 2. The van der Waals surface area contributed by atoms with Crippen molar-refractivity contribution in [3.05, 3.63) is 71.5 Å². The highest BCUT2D eigenvalue weighted by molar-refractivity contribution is 6.05. The fraction of sp³-hybridized carbons (Fsp3) is 0.240. The third-order valence-electron chi connectivity index (χ3n) is 6.53. The third-order valence-corrected chi connectivity index (χ3v) is 6.53. The number of hydrogen-bond acceptors (Lipinski definition) is 7. The largest absolute Gasteiger partial charge is 0.497 e. The number of nitrogens with zero attached hydrogens (tertiary/aromatic N) is 3. The number of amides is 3. The lowest BCUT2D eigenvalue weighted by Crippen LogP contribution is -2.56. The highest BCUT2D eigenvalue weighted by Gasteiger charge is 2.47. The summed E-state index contributed by atoms with van der Waals surface area (Å²) in [6, 6.07) is 12.8. The minimum atomic E-state index is -1.05. The molecule has 0 unspecified atom stereocenters. The molecule has 3 amide bonds. The molecule has 172 valence electrons. The number of nitrogens with one attached hydrogen (secondary N) is 1. The summed E-state index contributed by atoms with van der Waals surface area (Å²) in [5, 5.41) is 2.48. The second-order valence-corrected chi connectivity index (χ2v) is 8.55. The second-order valence-electron chi connectivity index (χ2n) is 8.55. The summed E-state index contributed by atoms with van der Waals surface area (Å²) in [4.78, 5) is 48.4. The first-order chi connectivity index (χ1) is 16.4. The molecule has 5 rings (SSSR count). The number of nitrogens with two attached hydrogens (primary N) is 1. The van der Waals surface area contributed by atoms with Gasteiger partial charge in [-0.3, -0.25) is 24.7 Å². The molecule has 2 aromatic carbocycles. The zero-order chi connectivity index (χ0) is 23.9. The van der Waals surface area contributed by atoms with Gasteiger partial charge in [-0.05, 0) is 29.7 Å². The Morgan fingerprint density at radius 3 is 2.56 bits per heavy atom. The first-order valence-electron chi connectivity index (χ1n) is 10.9. The maximum atomic E-state index is 13.3. The number of piperidine rings is 1. The normalized spacial score (nSPS) is 19.7. The van der Waals surface area contributed by atoms with Crippen LogP contribution in [0.3, 0.4) is 0 Å². The first-order valence-corrected chi connectivity index (χ1v) is 10.9. The highest BCUT2D eigenvalue weighted by Crippen LogP contribution is 2.37. The van der Waals surface area contributed by atoms with Crippen LogP contribution < -0.4 is 15.8 Å². The lowest BCUT2D eigenvalue weighted by Gasteiger charge is -2.38. The average molecular weight is 457 g/mol. The summed E-state index contributed by atoms with van der Waals surface area (Å²) < 4.78 is 5.26. The number of aromatic nitrogens is 2. The smallest absolute Gasteiger partial charge is 0.254 e. The molecular formula is C25H23N5O4. The van der Waals surface area contributed by atoms with Gasteiger partial charge < -0.3 is 15.4 Å². The number of anilines is 1. The van der Waals surface area contributed by atoms with Gasteiger partial charge in [0.05, 0.1) is 30.6 Å². The van der Waals surface area contributed by atoms with Crippen LogP contribution in [0.2, 0.25) is 0 Å². The van der Waals surface area contributed by atoms with Crippen LogP contribution >= 0.6 is 0 Å². The molecule has 9 nitrogen and oxygen atoms in total. The number of rotatable bonds is 5. The van der Waals surface area contributed by atoms with E-state index in [1.165, 1.54) is 6.20 Å². The fourth-order valence-electron chi connectivity index (χ4n) is 4.63. The zero-order valence-corrected chi connectivity index (χ0v) is 18.6. The average Bonchev–Trinajstić information content (AvgIpc) is 3.16. The number of imide groups is 1. The number of fused-ring (bicyclic) bond motifs is 1. The van der Waals surface area contributed by atoms with Crippen molar-refractivity contribution in [3.8, 4) is 17.0 Å². The van der Waals surface area contributed by atoms with E-state index in [0.29, 0.717) is 35.8 Å². The molecule has 3 N–H and O–H groups in total. The van der Waals surface area contributed by atoms with Crippen LogP contribution in [-0.2, 0) is 21.5 Å². The van der Waals surface area contributed by atoms with Crippen molar-refractivity contribution >= 4 is 23.5 Å². The van der Waals surface area contributed by atoms with Crippen molar-refractivity contribution in [2.45, 2.75) is 24.8 Å². The number of carbonyl (C=O) groups excluding carboxylic acids is 3. The van der Waals surface area contributed by atoms with Gasteiger partial charge in [0.1, 0.15) is 11.6 Å². The molecule has 34 heavy (non-hydrogen) atoms. The number of ether oxygens (including phenoxy) is 1. The third kappa shape index (κ3) is 3.64. The molecule has 0 aliphatic carbocycles. The Morgan fingerprint density at radius 2 is 1.88 bits per heavy atom. The van der Waals surface area contributed by atoms with E-state index in [1.54, 1.807) is 24.3 Å². The summed E-state index contributed by atoms with van der Waals surface area (Å²) in [5.41, 5.74) is 8.21. The molecule has 0 radical (unpaired) electrons. The predicted octanol–water partition coefficient (Wildman–Crippen LogP) is 2.06. The van der Waals surface area contributed by atoms with Gasteiger partial charge in [-0.1, -0.05) is 30.3 Å². The summed E-state index contributed by atoms with van der Waals surface area (Å²) in [6.07, 6.45) is 3.57. The number of nitrogen functional groups attached to an aromatic ring is 1. The summed E-state index contributed by atoms with van der Waals surface area (Å²) in [7, 11) is 1.55. The lowest BCUT2D eigenvalue weighted by atomic mass is 9.73. The molecule has 3 heterocycles. The summed E-state index contributed by atoms with van der Waals surface area (Å²) in [5.74, 6) is 0.0646. The topological polar surface area (TPSA) is 128 Å². The van der Waals surface area contributed by atoms with Gasteiger partial charge in [-0.15, -0.1) is 0 Å². The van der Waals surface area contributed by atoms with E-state index in [0.717, 1.165) is 16.7 Å². The van der Waals surface area contributed by atoms with Crippen LogP contribution in [0.5, 0.6) is 5.75 Å². The predicted molar refractivity (Wildman–Crippen MR) is 124 cm³/mol. The van der Waals surface area contributed by atoms with E-state index in [-0.39, 0.29) is 24.8 Å². The SMILES string of the molecule is COc1ccc2c(c1)C(=O)N(C[C@]1(c3ccc(-c4cnc(N)cn4)cc3)CCC(=O)NC1=O)C2. The Morgan fingerprint density at radius 1 is 1.09 bits per heavy atom. The Bertz CT molecular complexity index is 1290. The minimum Gasteiger partial charge on any atom is -0.497 e. The fourth-order valence-corrected chi connectivity index (χ4v) is 4.63. The van der Waals surface area contributed by atoms with Gasteiger partial charge in [0.15, 0.2) is 0 Å². The van der Waals surface area contributed by atoms with Crippen LogP contribution in [0.4, 0.5) is 5.82 Å². The van der Waals surface area contributed by atoms with Gasteiger partial charge in [-0.2, -0.15) is 0 Å². The molecule has 1 fully saturated rings. The molecule has 1 atom stereocenters. The Balaban J connectivity index is 1.48. The number of benzene rings is 2. The molecular weight excluding hydrogens is 434 g/mol. The maximum absolute atomic E-state index is 13.3. The van der Waals surface area contributed by atoms with E-state index in [9.17, 15) is 14.4 Å². The van der Waals surface area contributed by atoms with Crippen LogP contribution in [0.15, 0.2) is 54.9 Å². The Kier molecular flexibility index (Phi) is 5.24. The van der Waals surface area contributed by atoms with Gasteiger partial charge >= 0.3 is 0 Å². The second kappa shape index (κ2) is 8.26.